The number of hydrogen-bond acceptors (Lipinski definition) is 5. The third-order valence-corrected chi connectivity index (χ3v) is 7.21. The number of nitrogens with one attached hydrogen (secondary N) is 2. The first-order valence-corrected chi connectivity index (χ1v) is 14.1. The van der Waals surface area contributed by atoms with Crippen molar-refractivity contribution in [2.24, 2.45) is 0 Å². The molecule has 222 valence electrons. The topological polar surface area (TPSA) is 105 Å². The Morgan fingerprint density at radius 1 is 0.860 bits per heavy atom. The van der Waals surface area contributed by atoms with Gasteiger partial charge >= 0.3 is 5.97 Å². The molecule has 7 nitrogen and oxygen atoms in total. The number of carbonyl (C=O) groups is 3. The zero-order valence-electron chi connectivity index (χ0n) is 24.2. The van der Waals surface area contributed by atoms with Crippen molar-refractivity contribution in [1.29, 1.82) is 0 Å². The largest absolute Gasteiger partial charge is 0.494 e. The number of carboxylic acid groups (broad SMARTS) is 1. The molecule has 0 spiro atoms. The Morgan fingerprint density at radius 3 is 2.19 bits per heavy atom. The molecule has 43 heavy (non-hydrogen) atoms. The van der Waals surface area contributed by atoms with Gasteiger partial charge in [-0.2, -0.15) is 0 Å². The highest BCUT2D eigenvalue weighted by Crippen LogP contribution is 2.24. The Kier molecular flexibility index (Phi) is 10.3. The predicted molar refractivity (Wildman–Crippen MR) is 164 cm³/mol. The molecule has 4 aromatic rings. The van der Waals surface area contributed by atoms with E-state index in [1.54, 1.807) is 98.8 Å². The lowest BCUT2D eigenvalue weighted by atomic mass is 9.83. The minimum atomic E-state index is -1.04. The van der Waals surface area contributed by atoms with E-state index >= 15 is 0 Å². The van der Waals surface area contributed by atoms with Gasteiger partial charge in [-0.1, -0.05) is 66.7 Å². The second-order valence-electron chi connectivity index (χ2n) is 10.7. The standard InChI is InChI=1S/C35H35FN2O5/c1-35(2,26-15-17-27(36)18-16-26)34(42)37-21-8-22-43-28-19-13-24(14-20-28)23-31(33(40)41)38-30-12-7-6-11-29(30)32(39)25-9-4-3-5-10-25/h3-7,9-20,31,38H,8,21-23H2,1-2H3,(H,37,42)(H,40,41). The second-order valence-corrected chi connectivity index (χ2v) is 10.7. The van der Waals surface area contributed by atoms with Crippen LogP contribution in [0.4, 0.5) is 10.1 Å². The van der Waals surface area contributed by atoms with Crippen LogP contribution in [0.1, 0.15) is 47.3 Å². The Labute approximate surface area is 250 Å². The summed E-state index contributed by atoms with van der Waals surface area (Å²) in [6, 6.07) is 27.9. The second kappa shape index (κ2) is 14.3. The molecule has 4 rings (SSSR count). The van der Waals surface area contributed by atoms with Crippen molar-refractivity contribution >= 4 is 23.3 Å². The number of aliphatic carboxylic acids is 1. The van der Waals surface area contributed by atoms with E-state index in [0.29, 0.717) is 42.1 Å². The summed E-state index contributed by atoms with van der Waals surface area (Å²) in [6.07, 6.45) is 0.776. The lowest BCUT2D eigenvalue weighted by molar-refractivity contribution is -0.137. The van der Waals surface area contributed by atoms with E-state index in [1.807, 2.05) is 6.07 Å². The van der Waals surface area contributed by atoms with Crippen LogP contribution < -0.4 is 15.4 Å². The number of hydrogen-bond donors (Lipinski definition) is 3. The quantitative estimate of drug-likeness (QED) is 0.124. The maximum atomic E-state index is 13.2. The number of carboxylic acids is 1. The summed E-state index contributed by atoms with van der Waals surface area (Å²) in [7, 11) is 0. The Hall–Kier alpha value is -4.98. The first-order valence-electron chi connectivity index (χ1n) is 14.1. The molecular formula is C35H35FN2O5. The summed E-state index contributed by atoms with van der Waals surface area (Å²) in [5.74, 6) is -1.10. The average Bonchev–Trinajstić information content (AvgIpc) is 3.01. The van der Waals surface area contributed by atoms with Crippen LogP contribution >= 0.6 is 0 Å². The molecule has 8 heteroatoms. The van der Waals surface area contributed by atoms with Crippen LogP contribution in [0.5, 0.6) is 5.75 Å². The summed E-state index contributed by atoms with van der Waals surface area (Å²) in [5.41, 5.74) is 2.10. The van der Waals surface area contributed by atoms with E-state index in [2.05, 4.69) is 10.6 Å². The smallest absolute Gasteiger partial charge is 0.326 e. The zero-order chi connectivity index (χ0) is 30.8. The van der Waals surface area contributed by atoms with Crippen LogP contribution in [0, 0.1) is 5.82 Å². The molecular weight excluding hydrogens is 547 g/mol. The van der Waals surface area contributed by atoms with Gasteiger partial charge in [0, 0.05) is 29.8 Å². The summed E-state index contributed by atoms with van der Waals surface area (Å²) in [6.45, 7) is 4.38. The molecule has 1 atom stereocenters. The maximum absolute atomic E-state index is 13.2. The van der Waals surface area contributed by atoms with Crippen molar-refractivity contribution < 1.29 is 28.6 Å². The molecule has 0 fully saturated rings. The summed E-state index contributed by atoms with van der Waals surface area (Å²) < 4.78 is 19.0. The van der Waals surface area contributed by atoms with Gasteiger partial charge in [0.1, 0.15) is 17.6 Å². The Bertz CT molecular complexity index is 1540. The van der Waals surface area contributed by atoms with E-state index in [9.17, 15) is 23.9 Å². The first kappa shape index (κ1) is 31.0. The first-order chi connectivity index (χ1) is 20.6. The monoisotopic (exact) mass is 582 g/mol. The number of amides is 1. The fourth-order valence-electron chi connectivity index (χ4n) is 4.58. The van der Waals surface area contributed by atoms with Crippen LogP contribution in [-0.4, -0.2) is 42.0 Å². The molecule has 0 aliphatic heterocycles. The highest BCUT2D eigenvalue weighted by Gasteiger charge is 2.29. The number of carbonyl (C=O) groups excluding carboxylic acids is 2. The molecule has 0 radical (unpaired) electrons. The summed E-state index contributed by atoms with van der Waals surface area (Å²) in [4.78, 5) is 37.9. The Morgan fingerprint density at radius 2 is 1.51 bits per heavy atom. The van der Waals surface area contributed by atoms with Crippen LogP contribution in [0.15, 0.2) is 103 Å². The fourth-order valence-corrected chi connectivity index (χ4v) is 4.58. The average molecular weight is 583 g/mol. The fraction of sp³-hybridized carbons (Fsp3) is 0.229. The van der Waals surface area contributed by atoms with Gasteiger partial charge < -0.3 is 20.5 Å². The van der Waals surface area contributed by atoms with Gasteiger partial charge in [0.15, 0.2) is 5.78 Å². The lowest BCUT2D eigenvalue weighted by Gasteiger charge is -2.24. The number of halogens is 1. The normalized spacial score (nSPS) is 11.8. The molecule has 1 unspecified atom stereocenters. The van der Waals surface area contributed by atoms with Gasteiger partial charge in [-0.3, -0.25) is 9.59 Å². The maximum Gasteiger partial charge on any atom is 0.326 e. The van der Waals surface area contributed by atoms with Crippen molar-refractivity contribution in [3.05, 3.63) is 131 Å². The van der Waals surface area contributed by atoms with Crippen LogP contribution in [0.25, 0.3) is 0 Å². The van der Waals surface area contributed by atoms with Crippen molar-refractivity contribution in [3.8, 4) is 5.75 Å². The zero-order valence-corrected chi connectivity index (χ0v) is 24.2. The molecule has 0 heterocycles. The van der Waals surface area contributed by atoms with E-state index in [1.165, 1.54) is 12.1 Å². The minimum absolute atomic E-state index is 0.155. The SMILES string of the molecule is CC(C)(C(=O)NCCCOc1ccc(CC(Nc2ccccc2C(=O)c2ccccc2)C(=O)O)cc1)c1ccc(F)cc1. The molecule has 1 amide bonds. The molecule has 4 aromatic carbocycles. The highest BCUT2D eigenvalue weighted by atomic mass is 19.1. The molecule has 0 aliphatic rings. The van der Waals surface area contributed by atoms with E-state index in [0.717, 1.165) is 11.1 Å². The minimum Gasteiger partial charge on any atom is -0.494 e. The number of rotatable bonds is 14. The molecule has 3 N–H and O–H groups in total. The highest BCUT2D eigenvalue weighted by molar-refractivity contribution is 6.12. The van der Waals surface area contributed by atoms with E-state index in [4.69, 9.17) is 4.74 Å². The van der Waals surface area contributed by atoms with E-state index < -0.39 is 17.4 Å². The molecule has 0 aromatic heterocycles. The van der Waals surface area contributed by atoms with Gasteiger partial charge in [0.05, 0.1) is 12.0 Å². The predicted octanol–water partition coefficient (Wildman–Crippen LogP) is 6.03. The van der Waals surface area contributed by atoms with Gasteiger partial charge in [-0.15, -0.1) is 0 Å². The van der Waals surface area contributed by atoms with Crippen molar-refractivity contribution in [1.82, 2.24) is 5.32 Å². The van der Waals surface area contributed by atoms with Crippen molar-refractivity contribution in [2.75, 3.05) is 18.5 Å². The van der Waals surface area contributed by atoms with Gasteiger partial charge in [-0.05, 0) is 67.8 Å². The van der Waals surface area contributed by atoms with Gasteiger partial charge in [-0.25, -0.2) is 9.18 Å². The number of benzene rings is 4. The molecule has 0 bridgehead atoms. The van der Waals surface area contributed by atoms with Crippen molar-refractivity contribution in [2.45, 2.75) is 38.1 Å². The van der Waals surface area contributed by atoms with Crippen LogP contribution in [0.3, 0.4) is 0 Å². The van der Waals surface area contributed by atoms with Crippen molar-refractivity contribution in [3.63, 3.8) is 0 Å². The van der Waals surface area contributed by atoms with Gasteiger partial charge in [0.2, 0.25) is 5.91 Å². The van der Waals surface area contributed by atoms with E-state index in [-0.39, 0.29) is 23.9 Å². The number of para-hydroxylation sites is 1. The third-order valence-electron chi connectivity index (χ3n) is 7.21. The summed E-state index contributed by atoms with van der Waals surface area (Å²) in [5, 5.41) is 15.9. The Balaban J connectivity index is 1.27. The molecule has 0 saturated heterocycles. The molecule has 0 aliphatic carbocycles. The lowest BCUT2D eigenvalue weighted by Crippen LogP contribution is -2.40. The number of anilines is 1. The number of ether oxygens (including phenoxy) is 1. The summed E-state index contributed by atoms with van der Waals surface area (Å²) >= 11 is 0. The molecule has 0 saturated carbocycles. The third kappa shape index (κ3) is 8.29. The van der Waals surface area contributed by atoms with Gasteiger partial charge in [0.25, 0.3) is 0 Å². The number of ketones is 1. The van der Waals surface area contributed by atoms with Crippen LogP contribution in [-0.2, 0) is 21.4 Å². The van der Waals surface area contributed by atoms with Crippen LogP contribution in [0.2, 0.25) is 0 Å².